The lowest BCUT2D eigenvalue weighted by Crippen LogP contribution is -2.43. The van der Waals surface area contributed by atoms with E-state index < -0.39 is 6.17 Å². The number of aryl methyl sites for hydroxylation is 1. The van der Waals surface area contributed by atoms with Crippen molar-refractivity contribution in [1.82, 2.24) is 0 Å². The van der Waals surface area contributed by atoms with Gasteiger partial charge < -0.3 is 15.2 Å². The molecule has 136 valence electrons. The molecule has 4 rings (SSSR count). The second kappa shape index (κ2) is 6.68. The normalized spacial score (nSPS) is 15.9. The summed E-state index contributed by atoms with van der Waals surface area (Å²) in [5, 5.41) is 14.1. The fourth-order valence-corrected chi connectivity index (χ4v) is 3.37. The first-order chi connectivity index (χ1) is 13.1. The number of carbonyl (C=O) groups is 1. The third kappa shape index (κ3) is 2.87. The van der Waals surface area contributed by atoms with Crippen molar-refractivity contribution in [3.05, 3.63) is 83.4 Å². The van der Waals surface area contributed by atoms with Gasteiger partial charge in [-0.2, -0.15) is 0 Å². The summed E-state index contributed by atoms with van der Waals surface area (Å²) in [6.45, 7) is 2.00. The first-order valence-electron chi connectivity index (χ1n) is 8.72. The maximum Gasteiger partial charge on any atom is 0.262 e. The number of benzene rings is 3. The maximum atomic E-state index is 13.3. The Morgan fingerprint density at radius 2 is 1.74 bits per heavy atom. The second-order valence-corrected chi connectivity index (χ2v) is 6.50. The number of carbonyl (C=O) groups excluding carboxylic acids is 1. The molecular weight excluding hydrogens is 340 g/mol. The van der Waals surface area contributed by atoms with Gasteiger partial charge in [0.15, 0.2) is 11.5 Å². The van der Waals surface area contributed by atoms with Crippen LogP contribution in [0.3, 0.4) is 0 Å². The van der Waals surface area contributed by atoms with E-state index in [0.29, 0.717) is 16.9 Å². The Kier molecular flexibility index (Phi) is 4.20. The van der Waals surface area contributed by atoms with Crippen LogP contribution in [-0.4, -0.2) is 18.1 Å². The van der Waals surface area contributed by atoms with Crippen molar-refractivity contribution < 1.29 is 14.6 Å². The molecule has 1 atom stereocenters. The smallest absolute Gasteiger partial charge is 0.262 e. The molecular formula is C22H20N2O3. The molecule has 0 radical (unpaired) electrons. The molecule has 0 spiro atoms. The third-order valence-corrected chi connectivity index (χ3v) is 4.78. The summed E-state index contributed by atoms with van der Waals surface area (Å²) in [7, 11) is 1.51. The zero-order valence-corrected chi connectivity index (χ0v) is 15.1. The number of anilines is 2. The first-order valence-corrected chi connectivity index (χ1v) is 8.72. The van der Waals surface area contributed by atoms with Crippen LogP contribution in [0.15, 0.2) is 66.7 Å². The van der Waals surface area contributed by atoms with Gasteiger partial charge in [-0.25, -0.2) is 0 Å². The summed E-state index contributed by atoms with van der Waals surface area (Å²) in [5.41, 5.74) is 3.75. The summed E-state index contributed by atoms with van der Waals surface area (Å²) in [6.07, 6.45) is -0.565. The molecule has 2 N–H and O–H groups in total. The number of phenols is 1. The number of nitrogens with one attached hydrogen (secondary N) is 1. The Labute approximate surface area is 157 Å². The highest BCUT2D eigenvalue weighted by molar-refractivity contribution is 6.12. The number of para-hydroxylation sites is 2. The van der Waals surface area contributed by atoms with Crippen LogP contribution in [0.25, 0.3) is 0 Å². The summed E-state index contributed by atoms with van der Waals surface area (Å²) in [5.74, 6) is 0.256. The number of methoxy groups -OCH3 is 1. The van der Waals surface area contributed by atoms with E-state index >= 15 is 0 Å². The van der Waals surface area contributed by atoms with Crippen LogP contribution in [0.4, 0.5) is 11.4 Å². The van der Waals surface area contributed by atoms with Gasteiger partial charge in [-0.3, -0.25) is 9.69 Å². The van der Waals surface area contributed by atoms with Gasteiger partial charge in [0, 0.05) is 16.9 Å². The largest absolute Gasteiger partial charge is 0.504 e. The average Bonchev–Trinajstić information content (AvgIpc) is 2.69. The second-order valence-electron chi connectivity index (χ2n) is 6.50. The highest BCUT2D eigenvalue weighted by atomic mass is 16.5. The van der Waals surface area contributed by atoms with Crippen molar-refractivity contribution in [3.63, 3.8) is 0 Å². The topological polar surface area (TPSA) is 61.8 Å². The van der Waals surface area contributed by atoms with Crippen molar-refractivity contribution in [2.75, 3.05) is 17.3 Å². The lowest BCUT2D eigenvalue weighted by molar-refractivity contribution is 0.0974. The number of hydrogen-bond donors (Lipinski definition) is 2. The molecule has 5 nitrogen and oxygen atoms in total. The first kappa shape index (κ1) is 17.0. The van der Waals surface area contributed by atoms with Crippen molar-refractivity contribution in [2.24, 2.45) is 0 Å². The van der Waals surface area contributed by atoms with Gasteiger partial charge in [0.25, 0.3) is 5.91 Å². The molecule has 0 saturated carbocycles. The average molecular weight is 360 g/mol. The Balaban J connectivity index is 1.89. The molecule has 0 bridgehead atoms. The van der Waals surface area contributed by atoms with E-state index in [4.69, 9.17) is 4.74 Å². The van der Waals surface area contributed by atoms with Gasteiger partial charge in [0.05, 0.1) is 12.7 Å². The number of phenolic OH excluding ortho intramolecular Hbond substituents is 1. The summed E-state index contributed by atoms with van der Waals surface area (Å²) < 4.78 is 5.25. The molecule has 0 fully saturated rings. The monoisotopic (exact) mass is 360 g/mol. The quantitative estimate of drug-likeness (QED) is 0.723. The van der Waals surface area contributed by atoms with E-state index in [-0.39, 0.29) is 11.7 Å². The maximum absolute atomic E-state index is 13.3. The van der Waals surface area contributed by atoms with E-state index in [9.17, 15) is 9.90 Å². The SMILES string of the molecule is COc1cccc([C@H]2Nc3ccccc3C(=O)N2c2ccc(C)cc2)c1O. The number of nitrogens with zero attached hydrogens (tertiary/aromatic N) is 1. The van der Waals surface area contributed by atoms with Crippen LogP contribution in [0.1, 0.15) is 27.7 Å². The highest BCUT2D eigenvalue weighted by Crippen LogP contribution is 2.41. The van der Waals surface area contributed by atoms with Crippen molar-refractivity contribution >= 4 is 17.3 Å². The van der Waals surface area contributed by atoms with Crippen LogP contribution in [0.2, 0.25) is 0 Å². The molecule has 0 saturated heterocycles. The summed E-state index contributed by atoms with van der Waals surface area (Å²) >= 11 is 0. The Bertz CT molecular complexity index is 999. The minimum atomic E-state index is -0.565. The third-order valence-electron chi connectivity index (χ3n) is 4.78. The summed E-state index contributed by atoms with van der Waals surface area (Å²) in [6, 6.07) is 20.4. The number of aromatic hydroxyl groups is 1. The fourth-order valence-electron chi connectivity index (χ4n) is 3.37. The number of amides is 1. The van der Waals surface area contributed by atoms with E-state index in [2.05, 4.69) is 5.32 Å². The van der Waals surface area contributed by atoms with Gasteiger partial charge in [-0.15, -0.1) is 0 Å². The van der Waals surface area contributed by atoms with Crippen molar-refractivity contribution in [2.45, 2.75) is 13.1 Å². The van der Waals surface area contributed by atoms with Crippen LogP contribution in [0.5, 0.6) is 11.5 Å². The molecule has 1 aliphatic heterocycles. The van der Waals surface area contributed by atoms with Crippen molar-refractivity contribution in [3.8, 4) is 11.5 Å². The van der Waals surface area contributed by atoms with Gasteiger partial charge >= 0.3 is 0 Å². The van der Waals surface area contributed by atoms with Gasteiger partial charge in [0.1, 0.15) is 6.17 Å². The van der Waals surface area contributed by atoms with Crippen LogP contribution < -0.4 is 15.0 Å². The number of rotatable bonds is 3. The summed E-state index contributed by atoms with van der Waals surface area (Å²) in [4.78, 5) is 15.0. The standard InChI is InChI=1S/C22H20N2O3/c1-14-10-12-15(13-11-14)24-21(17-7-5-9-19(27-2)20(17)25)23-18-8-4-3-6-16(18)22(24)26/h3-13,21,23,25H,1-2H3/t21-/m0/s1. The molecule has 1 amide bonds. The zero-order chi connectivity index (χ0) is 19.0. The zero-order valence-electron chi connectivity index (χ0n) is 15.1. The Hall–Kier alpha value is -3.47. The predicted octanol–water partition coefficient (Wildman–Crippen LogP) is 4.48. The van der Waals surface area contributed by atoms with Gasteiger partial charge in [-0.1, -0.05) is 42.0 Å². The minimum Gasteiger partial charge on any atom is -0.504 e. The van der Waals surface area contributed by atoms with Crippen LogP contribution in [0, 0.1) is 6.92 Å². The fraction of sp³-hybridized carbons (Fsp3) is 0.136. The van der Waals surface area contributed by atoms with Crippen LogP contribution in [-0.2, 0) is 0 Å². The van der Waals surface area contributed by atoms with E-state index in [0.717, 1.165) is 16.9 Å². The van der Waals surface area contributed by atoms with E-state index in [1.54, 1.807) is 29.2 Å². The Morgan fingerprint density at radius 3 is 2.48 bits per heavy atom. The Morgan fingerprint density at radius 1 is 1.00 bits per heavy atom. The van der Waals surface area contributed by atoms with Crippen molar-refractivity contribution in [1.29, 1.82) is 0 Å². The number of fused-ring (bicyclic) bond motifs is 1. The lowest BCUT2D eigenvalue weighted by Gasteiger charge is -2.38. The molecule has 0 aliphatic carbocycles. The minimum absolute atomic E-state index is 0.0155. The van der Waals surface area contributed by atoms with E-state index in [1.165, 1.54) is 7.11 Å². The molecule has 0 unspecified atom stereocenters. The number of ether oxygens (including phenoxy) is 1. The number of hydrogen-bond acceptors (Lipinski definition) is 4. The van der Waals surface area contributed by atoms with Gasteiger partial charge in [-0.05, 0) is 37.3 Å². The van der Waals surface area contributed by atoms with Crippen LogP contribution >= 0.6 is 0 Å². The highest BCUT2D eigenvalue weighted by Gasteiger charge is 2.35. The molecule has 1 heterocycles. The lowest BCUT2D eigenvalue weighted by atomic mass is 10.0. The molecule has 0 aromatic heterocycles. The molecule has 3 aromatic rings. The molecule has 3 aromatic carbocycles. The van der Waals surface area contributed by atoms with E-state index in [1.807, 2.05) is 49.4 Å². The molecule has 5 heteroatoms. The molecule has 27 heavy (non-hydrogen) atoms. The predicted molar refractivity (Wildman–Crippen MR) is 105 cm³/mol. The van der Waals surface area contributed by atoms with Gasteiger partial charge in [0.2, 0.25) is 0 Å². The molecule has 1 aliphatic rings.